The molecule has 0 amide bonds. The molecule has 1 aliphatic rings. The number of hydrogen-bond acceptors (Lipinski definition) is 1. The minimum absolute atomic E-state index is 0.141. The van der Waals surface area contributed by atoms with Crippen molar-refractivity contribution in [1.82, 2.24) is 0 Å². The minimum Gasteiger partial charge on any atom is -0.310 e. The zero-order valence-electron chi connectivity index (χ0n) is 28.3. The number of benzene rings is 8. The maximum Gasteiger partial charge on any atom is 0.0540 e. The molecule has 50 heavy (non-hydrogen) atoms. The van der Waals surface area contributed by atoms with Crippen LogP contribution in [0.2, 0.25) is 0 Å². The van der Waals surface area contributed by atoms with Crippen molar-refractivity contribution in [2.75, 3.05) is 4.90 Å². The summed E-state index contributed by atoms with van der Waals surface area (Å²) in [4.78, 5) is 2.37. The van der Waals surface area contributed by atoms with E-state index < -0.39 is 0 Å². The van der Waals surface area contributed by atoms with Gasteiger partial charge in [0.05, 0.1) is 5.69 Å². The number of nitrogens with zero attached hydrogens (tertiary/aromatic N) is 1. The van der Waals surface area contributed by atoms with E-state index in [2.05, 4.69) is 207 Å². The van der Waals surface area contributed by atoms with Gasteiger partial charge in [-0.3, -0.25) is 0 Å². The van der Waals surface area contributed by atoms with Gasteiger partial charge in [-0.25, -0.2) is 0 Å². The highest BCUT2D eigenvalue weighted by Crippen LogP contribution is 2.54. The van der Waals surface area contributed by atoms with Crippen LogP contribution in [0.25, 0.3) is 55.3 Å². The monoisotopic (exact) mass is 639 g/mol. The van der Waals surface area contributed by atoms with E-state index in [9.17, 15) is 0 Å². The van der Waals surface area contributed by atoms with Crippen molar-refractivity contribution >= 4 is 27.8 Å². The molecule has 0 fully saturated rings. The molecule has 1 nitrogen and oxygen atoms in total. The zero-order chi connectivity index (χ0) is 33.7. The SMILES string of the molecule is CC1(C)c2cc(-c3ccc(N(c4ccccc4)c4cccc5ccccc45)cc3)c(-c3ccccc3)cc2-c2c(-c3ccccc3)cccc21. The molecule has 238 valence electrons. The molecule has 8 aromatic carbocycles. The van der Waals surface area contributed by atoms with E-state index in [4.69, 9.17) is 0 Å². The van der Waals surface area contributed by atoms with Crippen LogP contribution >= 0.6 is 0 Å². The molecule has 1 heteroatoms. The van der Waals surface area contributed by atoms with Gasteiger partial charge in [-0.2, -0.15) is 0 Å². The molecule has 0 aliphatic heterocycles. The van der Waals surface area contributed by atoms with E-state index in [0.29, 0.717) is 0 Å². The molecule has 0 bridgehead atoms. The summed E-state index contributed by atoms with van der Waals surface area (Å²) < 4.78 is 0. The Morgan fingerprint density at radius 3 is 1.64 bits per heavy atom. The maximum atomic E-state index is 2.47. The lowest BCUT2D eigenvalue weighted by Crippen LogP contribution is -2.15. The first-order valence-corrected chi connectivity index (χ1v) is 17.4. The van der Waals surface area contributed by atoms with E-state index in [1.54, 1.807) is 0 Å². The van der Waals surface area contributed by atoms with E-state index in [0.717, 1.165) is 11.4 Å². The average Bonchev–Trinajstić information content (AvgIpc) is 3.41. The molecule has 0 N–H and O–H groups in total. The summed E-state index contributed by atoms with van der Waals surface area (Å²) >= 11 is 0. The predicted octanol–water partition coefficient (Wildman–Crippen LogP) is 13.6. The molecule has 9 rings (SSSR count). The Labute approximate surface area is 294 Å². The quantitative estimate of drug-likeness (QED) is 0.175. The van der Waals surface area contributed by atoms with Crippen LogP contribution in [0.4, 0.5) is 17.1 Å². The molecule has 0 spiro atoms. The van der Waals surface area contributed by atoms with Gasteiger partial charge in [0.15, 0.2) is 0 Å². The lowest BCUT2D eigenvalue weighted by Gasteiger charge is -2.27. The lowest BCUT2D eigenvalue weighted by atomic mass is 9.80. The molecule has 0 atom stereocenters. The van der Waals surface area contributed by atoms with E-state index >= 15 is 0 Å². The molecule has 0 aromatic heterocycles. The van der Waals surface area contributed by atoms with E-state index in [-0.39, 0.29) is 5.41 Å². The molecular formula is C49H37N. The fraction of sp³-hybridized carbons (Fsp3) is 0.0612. The van der Waals surface area contributed by atoms with Crippen molar-refractivity contribution in [3.05, 3.63) is 199 Å². The van der Waals surface area contributed by atoms with Crippen molar-refractivity contribution in [1.29, 1.82) is 0 Å². The summed E-state index contributed by atoms with van der Waals surface area (Å²) in [6.45, 7) is 4.76. The molecular weight excluding hydrogens is 603 g/mol. The Balaban J connectivity index is 1.22. The van der Waals surface area contributed by atoms with Gasteiger partial charge >= 0.3 is 0 Å². The maximum absolute atomic E-state index is 2.47. The normalized spacial score (nSPS) is 12.8. The molecule has 0 radical (unpaired) electrons. The highest BCUT2D eigenvalue weighted by Gasteiger charge is 2.38. The topological polar surface area (TPSA) is 3.24 Å². The smallest absolute Gasteiger partial charge is 0.0540 e. The highest BCUT2D eigenvalue weighted by atomic mass is 15.1. The molecule has 0 heterocycles. The third kappa shape index (κ3) is 4.94. The van der Waals surface area contributed by atoms with Gasteiger partial charge in [-0.15, -0.1) is 0 Å². The first kappa shape index (κ1) is 29.9. The van der Waals surface area contributed by atoms with Crippen LogP contribution in [-0.2, 0) is 5.41 Å². The van der Waals surface area contributed by atoms with E-state index in [1.807, 2.05) is 0 Å². The van der Waals surface area contributed by atoms with Crippen molar-refractivity contribution in [2.24, 2.45) is 0 Å². The summed E-state index contributed by atoms with van der Waals surface area (Å²) in [5.74, 6) is 0. The molecule has 8 aromatic rings. The number of hydrogen-bond donors (Lipinski definition) is 0. The van der Waals surface area contributed by atoms with Gasteiger partial charge in [0.25, 0.3) is 0 Å². The Kier molecular flexibility index (Phi) is 7.21. The molecule has 0 saturated heterocycles. The van der Waals surface area contributed by atoms with Gasteiger partial charge in [0.1, 0.15) is 0 Å². The largest absolute Gasteiger partial charge is 0.310 e. The fourth-order valence-electron chi connectivity index (χ4n) is 7.98. The molecule has 1 aliphatic carbocycles. The van der Waals surface area contributed by atoms with Gasteiger partial charge in [-0.1, -0.05) is 159 Å². The Hall–Kier alpha value is -6.18. The Bertz CT molecular complexity index is 2470. The van der Waals surface area contributed by atoms with Gasteiger partial charge in [-0.05, 0) is 103 Å². The van der Waals surface area contributed by atoms with Gasteiger partial charge < -0.3 is 4.90 Å². The first-order valence-electron chi connectivity index (χ1n) is 17.4. The second-order valence-corrected chi connectivity index (χ2v) is 13.7. The third-order valence-electron chi connectivity index (χ3n) is 10.5. The second-order valence-electron chi connectivity index (χ2n) is 13.7. The number of rotatable bonds is 6. The van der Waals surface area contributed by atoms with Crippen LogP contribution in [0.5, 0.6) is 0 Å². The van der Waals surface area contributed by atoms with Gasteiger partial charge in [0.2, 0.25) is 0 Å². The van der Waals surface area contributed by atoms with Crippen molar-refractivity contribution in [3.8, 4) is 44.5 Å². The van der Waals surface area contributed by atoms with Crippen LogP contribution in [0.1, 0.15) is 25.0 Å². The summed E-state index contributed by atoms with van der Waals surface area (Å²) in [5, 5.41) is 2.46. The minimum atomic E-state index is -0.141. The average molecular weight is 640 g/mol. The van der Waals surface area contributed by atoms with Crippen LogP contribution in [-0.4, -0.2) is 0 Å². The number of para-hydroxylation sites is 1. The van der Waals surface area contributed by atoms with Gasteiger partial charge in [0, 0.05) is 22.2 Å². The predicted molar refractivity (Wildman–Crippen MR) is 213 cm³/mol. The van der Waals surface area contributed by atoms with E-state index in [1.165, 1.54) is 72.1 Å². The third-order valence-corrected chi connectivity index (χ3v) is 10.5. The Morgan fingerprint density at radius 1 is 0.380 bits per heavy atom. The number of fused-ring (bicyclic) bond motifs is 4. The molecule has 0 unspecified atom stereocenters. The summed E-state index contributed by atoms with van der Waals surface area (Å²) in [6.07, 6.45) is 0. The highest BCUT2D eigenvalue weighted by molar-refractivity contribution is 6.00. The fourth-order valence-corrected chi connectivity index (χ4v) is 7.98. The van der Waals surface area contributed by atoms with Crippen LogP contribution in [0.3, 0.4) is 0 Å². The summed E-state index contributed by atoms with van der Waals surface area (Å²) in [7, 11) is 0. The van der Waals surface area contributed by atoms with Crippen LogP contribution in [0, 0.1) is 0 Å². The van der Waals surface area contributed by atoms with Crippen LogP contribution in [0.15, 0.2) is 188 Å². The van der Waals surface area contributed by atoms with Crippen molar-refractivity contribution in [2.45, 2.75) is 19.3 Å². The summed E-state index contributed by atoms with van der Waals surface area (Å²) in [6, 6.07) is 68.5. The Morgan fingerprint density at radius 2 is 0.920 bits per heavy atom. The van der Waals surface area contributed by atoms with Crippen molar-refractivity contribution in [3.63, 3.8) is 0 Å². The van der Waals surface area contributed by atoms with Crippen molar-refractivity contribution < 1.29 is 0 Å². The second kappa shape index (κ2) is 12.1. The number of anilines is 3. The van der Waals surface area contributed by atoms with Crippen LogP contribution < -0.4 is 4.90 Å². The lowest BCUT2D eigenvalue weighted by molar-refractivity contribution is 0.661. The summed E-state index contributed by atoms with van der Waals surface area (Å²) in [5.41, 5.74) is 16.2. The zero-order valence-corrected chi connectivity index (χ0v) is 28.3. The standard InChI is InChI=1S/C49H37N/c1-49(2)45-26-15-25-41(35-16-6-3-7-17-35)48(45)44-32-42(36-18-8-4-9-19-36)43(33-46(44)49)37-28-30-39(31-29-37)50(38-22-10-5-11-23-38)47-27-14-21-34-20-12-13-24-40(34)47/h3-33H,1-2H3. The first-order chi connectivity index (χ1) is 24.6. The molecule has 0 saturated carbocycles.